The van der Waals surface area contributed by atoms with E-state index in [4.69, 9.17) is 0 Å². The van der Waals surface area contributed by atoms with Crippen molar-refractivity contribution in [3.63, 3.8) is 0 Å². The first-order chi connectivity index (χ1) is 14.9. The second-order valence-electron chi connectivity index (χ2n) is 7.24. The van der Waals surface area contributed by atoms with E-state index in [1.54, 1.807) is 30.3 Å². The number of nitrogens with zero attached hydrogens (tertiary/aromatic N) is 3. The maximum Gasteiger partial charge on any atom is 0.248 e. The lowest BCUT2D eigenvalue weighted by atomic mass is 10.2. The predicted molar refractivity (Wildman–Crippen MR) is 123 cm³/mol. The molecule has 0 aliphatic rings. The number of likely N-dealkylation sites (N-methyl/N-ethyl adjacent to an activating group) is 1. The van der Waals surface area contributed by atoms with Crippen LogP contribution in [0.15, 0.2) is 66.9 Å². The molecule has 3 N–H and O–H groups in total. The van der Waals surface area contributed by atoms with Gasteiger partial charge in [-0.3, -0.25) is 4.79 Å². The Hall–Kier alpha value is -3.78. The second kappa shape index (κ2) is 10.3. The fraction of sp³-hybridized carbons (Fsp3) is 0.174. The van der Waals surface area contributed by atoms with Gasteiger partial charge < -0.3 is 20.9 Å². The Morgan fingerprint density at radius 3 is 2.55 bits per heavy atom. The summed E-state index contributed by atoms with van der Waals surface area (Å²) in [5.74, 6) is -0.486. The number of benzene rings is 2. The molecule has 0 radical (unpaired) electrons. The third-order valence-corrected chi connectivity index (χ3v) is 4.18. The third-order valence-electron chi connectivity index (χ3n) is 4.18. The van der Waals surface area contributed by atoms with Gasteiger partial charge in [0.25, 0.3) is 0 Å². The van der Waals surface area contributed by atoms with Gasteiger partial charge in [-0.2, -0.15) is 4.98 Å². The van der Waals surface area contributed by atoms with Crippen molar-refractivity contribution >= 4 is 34.7 Å². The average Bonchev–Trinajstić information content (AvgIpc) is 2.72. The molecule has 0 saturated carbocycles. The molecular formula is C23H25FN6O. The number of anilines is 5. The molecule has 2 aromatic carbocycles. The Labute approximate surface area is 181 Å². The van der Waals surface area contributed by atoms with Crippen molar-refractivity contribution in [1.82, 2.24) is 14.9 Å². The van der Waals surface area contributed by atoms with Crippen molar-refractivity contribution in [2.45, 2.75) is 6.92 Å². The summed E-state index contributed by atoms with van der Waals surface area (Å²) < 4.78 is 14.2. The zero-order valence-electron chi connectivity index (χ0n) is 17.7. The van der Waals surface area contributed by atoms with Gasteiger partial charge in [-0.05, 0) is 51.4 Å². The Morgan fingerprint density at radius 2 is 1.81 bits per heavy atom. The number of carbonyl (C=O) groups is 1. The Kier molecular flexibility index (Phi) is 7.29. The van der Waals surface area contributed by atoms with Crippen LogP contribution in [0.5, 0.6) is 0 Å². The Balaban J connectivity index is 1.68. The van der Waals surface area contributed by atoms with Crippen LogP contribution in [0, 0.1) is 12.7 Å². The van der Waals surface area contributed by atoms with Crippen LogP contribution in [0.1, 0.15) is 5.56 Å². The van der Waals surface area contributed by atoms with Gasteiger partial charge in [-0.25, -0.2) is 9.37 Å². The first-order valence-corrected chi connectivity index (χ1v) is 9.74. The van der Waals surface area contributed by atoms with Gasteiger partial charge in [0.1, 0.15) is 0 Å². The molecule has 0 atom stereocenters. The standard InChI is InChI=1S/C23H25FN6O/c1-16-9-11-17(12-10-16)27-22-20(24)15-25-23(29-22)28-19-7-4-6-18(14-19)26-21(31)8-5-13-30(2)3/h4-12,14-15H,13H2,1-3H3,(H,26,31)(H2,25,27,28,29)/b8-5+. The van der Waals surface area contributed by atoms with Crippen molar-refractivity contribution in [3.8, 4) is 0 Å². The van der Waals surface area contributed by atoms with Gasteiger partial charge in [0.2, 0.25) is 11.9 Å². The normalized spacial score (nSPS) is 11.0. The highest BCUT2D eigenvalue weighted by atomic mass is 19.1. The lowest BCUT2D eigenvalue weighted by Gasteiger charge is -2.11. The minimum Gasteiger partial charge on any atom is -0.338 e. The van der Waals surface area contributed by atoms with Gasteiger partial charge >= 0.3 is 0 Å². The molecule has 0 spiro atoms. The van der Waals surface area contributed by atoms with Crippen LogP contribution in [-0.2, 0) is 4.79 Å². The summed E-state index contributed by atoms with van der Waals surface area (Å²) in [7, 11) is 3.85. The van der Waals surface area contributed by atoms with Crippen molar-refractivity contribution in [2.75, 3.05) is 36.6 Å². The average molecular weight is 420 g/mol. The third kappa shape index (κ3) is 6.90. The minimum atomic E-state index is -0.559. The van der Waals surface area contributed by atoms with E-state index in [-0.39, 0.29) is 17.7 Å². The van der Waals surface area contributed by atoms with Gasteiger partial charge in [0.05, 0.1) is 6.20 Å². The molecule has 8 heteroatoms. The molecule has 0 bridgehead atoms. The summed E-state index contributed by atoms with van der Waals surface area (Å²) in [5.41, 5.74) is 3.10. The summed E-state index contributed by atoms with van der Waals surface area (Å²) in [4.78, 5) is 22.2. The van der Waals surface area contributed by atoms with Crippen molar-refractivity contribution in [2.24, 2.45) is 0 Å². The van der Waals surface area contributed by atoms with Crippen LogP contribution in [0.25, 0.3) is 0 Å². The van der Waals surface area contributed by atoms with Crippen molar-refractivity contribution in [1.29, 1.82) is 0 Å². The lowest BCUT2D eigenvalue weighted by Crippen LogP contribution is -2.13. The van der Waals surface area contributed by atoms with E-state index in [0.29, 0.717) is 17.9 Å². The highest BCUT2D eigenvalue weighted by Crippen LogP contribution is 2.22. The zero-order chi connectivity index (χ0) is 22.2. The highest BCUT2D eigenvalue weighted by molar-refractivity contribution is 5.99. The largest absolute Gasteiger partial charge is 0.338 e. The van der Waals surface area contributed by atoms with Gasteiger partial charge in [-0.1, -0.05) is 29.8 Å². The molecule has 0 unspecified atom stereocenters. The Morgan fingerprint density at radius 1 is 1.06 bits per heavy atom. The summed E-state index contributed by atoms with van der Waals surface area (Å²) in [5, 5.41) is 8.79. The fourth-order valence-corrected chi connectivity index (χ4v) is 2.65. The number of amides is 1. The topological polar surface area (TPSA) is 82.2 Å². The monoisotopic (exact) mass is 420 g/mol. The maximum absolute atomic E-state index is 14.2. The van der Waals surface area contributed by atoms with Gasteiger partial charge in [0, 0.05) is 29.7 Å². The van der Waals surface area contributed by atoms with Crippen LogP contribution >= 0.6 is 0 Å². The molecule has 0 aliphatic carbocycles. The molecule has 1 amide bonds. The number of halogens is 1. The number of aryl methyl sites for hydroxylation is 1. The van der Waals surface area contributed by atoms with Crippen LogP contribution < -0.4 is 16.0 Å². The number of aromatic nitrogens is 2. The summed E-state index contributed by atoms with van der Waals surface area (Å²) >= 11 is 0. The quantitative estimate of drug-likeness (QED) is 0.467. The number of carbonyl (C=O) groups excluding carboxylic acids is 1. The molecule has 1 heterocycles. The van der Waals surface area contributed by atoms with E-state index in [1.165, 1.54) is 6.08 Å². The number of hydrogen-bond acceptors (Lipinski definition) is 6. The van der Waals surface area contributed by atoms with Crippen molar-refractivity contribution in [3.05, 3.63) is 78.3 Å². The smallest absolute Gasteiger partial charge is 0.248 e. The van der Waals surface area contributed by atoms with E-state index in [2.05, 4.69) is 25.9 Å². The number of nitrogens with one attached hydrogen (secondary N) is 3. The molecule has 3 rings (SSSR count). The molecule has 0 aliphatic heterocycles. The van der Waals surface area contributed by atoms with E-state index < -0.39 is 5.82 Å². The molecule has 0 saturated heterocycles. The molecule has 31 heavy (non-hydrogen) atoms. The molecule has 3 aromatic rings. The first-order valence-electron chi connectivity index (χ1n) is 9.74. The second-order valence-corrected chi connectivity index (χ2v) is 7.24. The minimum absolute atomic E-state index is 0.0665. The Bertz CT molecular complexity index is 1070. The van der Waals surface area contributed by atoms with E-state index >= 15 is 0 Å². The van der Waals surface area contributed by atoms with Crippen LogP contribution in [-0.4, -0.2) is 41.4 Å². The van der Waals surface area contributed by atoms with Crippen molar-refractivity contribution < 1.29 is 9.18 Å². The zero-order valence-corrected chi connectivity index (χ0v) is 17.7. The fourth-order valence-electron chi connectivity index (χ4n) is 2.65. The summed E-state index contributed by atoms with van der Waals surface area (Å²) in [6, 6.07) is 14.7. The SMILES string of the molecule is Cc1ccc(Nc2nc(Nc3cccc(NC(=O)/C=C/CN(C)C)c3)ncc2F)cc1. The molecule has 0 fully saturated rings. The summed E-state index contributed by atoms with van der Waals surface area (Å²) in [6.07, 6.45) is 4.38. The first kappa shape index (κ1) is 21.9. The van der Waals surface area contributed by atoms with Gasteiger partial charge in [-0.15, -0.1) is 0 Å². The molecule has 1 aromatic heterocycles. The van der Waals surface area contributed by atoms with Crippen LogP contribution in [0.2, 0.25) is 0 Å². The van der Waals surface area contributed by atoms with E-state index in [0.717, 1.165) is 17.4 Å². The maximum atomic E-state index is 14.2. The number of rotatable bonds is 8. The molecule has 160 valence electrons. The molecule has 7 nitrogen and oxygen atoms in total. The van der Waals surface area contributed by atoms with Crippen LogP contribution in [0.4, 0.5) is 33.2 Å². The van der Waals surface area contributed by atoms with Gasteiger partial charge in [0.15, 0.2) is 11.6 Å². The summed E-state index contributed by atoms with van der Waals surface area (Å²) in [6.45, 7) is 2.66. The van der Waals surface area contributed by atoms with E-state index in [9.17, 15) is 9.18 Å². The predicted octanol–water partition coefficient (Wildman–Crippen LogP) is 4.47. The van der Waals surface area contributed by atoms with Crippen LogP contribution in [0.3, 0.4) is 0 Å². The molecular weight excluding hydrogens is 395 g/mol. The lowest BCUT2D eigenvalue weighted by molar-refractivity contribution is -0.111. The number of hydrogen-bond donors (Lipinski definition) is 3. The highest BCUT2D eigenvalue weighted by Gasteiger charge is 2.08. The van der Waals surface area contributed by atoms with E-state index in [1.807, 2.05) is 50.2 Å².